The first-order chi connectivity index (χ1) is 6.63. The maximum absolute atomic E-state index is 10.8. The Bertz CT molecular complexity index is 164. The Morgan fingerprint density at radius 1 is 1.50 bits per heavy atom. The summed E-state index contributed by atoms with van der Waals surface area (Å²) in [5, 5.41) is 8.90. The molecule has 0 saturated heterocycles. The highest BCUT2D eigenvalue weighted by Crippen LogP contribution is 2.05. The molecular formula is C10H21NO2S. The zero-order valence-electron chi connectivity index (χ0n) is 9.32. The lowest BCUT2D eigenvalue weighted by Gasteiger charge is -2.23. The molecule has 0 aromatic heterocycles. The largest absolute Gasteiger partial charge is 0.480 e. The highest BCUT2D eigenvalue weighted by atomic mass is 32.2. The third-order valence-electron chi connectivity index (χ3n) is 2.31. The number of unbranched alkanes of at least 4 members (excludes halogenated alkanes) is 1. The Labute approximate surface area is 90.9 Å². The van der Waals surface area contributed by atoms with Crippen molar-refractivity contribution in [1.29, 1.82) is 0 Å². The van der Waals surface area contributed by atoms with Gasteiger partial charge in [0.05, 0.1) is 0 Å². The van der Waals surface area contributed by atoms with Crippen LogP contribution in [0.25, 0.3) is 0 Å². The van der Waals surface area contributed by atoms with Crippen molar-refractivity contribution in [2.75, 3.05) is 25.6 Å². The van der Waals surface area contributed by atoms with Crippen LogP contribution in [-0.4, -0.2) is 47.6 Å². The Kier molecular flexibility index (Phi) is 7.99. The summed E-state index contributed by atoms with van der Waals surface area (Å²) in [5.41, 5.74) is 0. The van der Waals surface area contributed by atoms with Gasteiger partial charge in [-0.25, -0.2) is 0 Å². The topological polar surface area (TPSA) is 40.5 Å². The van der Waals surface area contributed by atoms with Crippen molar-refractivity contribution in [1.82, 2.24) is 4.90 Å². The molecule has 84 valence electrons. The number of likely N-dealkylation sites (N-methyl/N-ethyl adjacent to an activating group) is 1. The lowest BCUT2D eigenvalue weighted by Crippen LogP contribution is -2.38. The number of carboxylic acids is 1. The number of aliphatic carboxylic acids is 1. The summed E-state index contributed by atoms with van der Waals surface area (Å²) in [7, 11) is 1.89. The molecule has 0 aliphatic heterocycles. The first-order valence-corrected chi connectivity index (χ1v) is 6.44. The van der Waals surface area contributed by atoms with Gasteiger partial charge in [0.25, 0.3) is 0 Å². The molecule has 0 aliphatic carbocycles. The fourth-order valence-corrected chi connectivity index (χ4v) is 1.93. The molecule has 0 saturated carbocycles. The SMILES string of the molecule is CCC(C(=O)O)N(C)CCCCSC. The molecule has 0 spiro atoms. The first kappa shape index (κ1) is 13.8. The predicted molar refractivity (Wildman–Crippen MR) is 62.0 cm³/mol. The van der Waals surface area contributed by atoms with Crippen LogP contribution in [0.3, 0.4) is 0 Å². The monoisotopic (exact) mass is 219 g/mol. The molecule has 0 amide bonds. The molecule has 0 bridgehead atoms. The highest BCUT2D eigenvalue weighted by Gasteiger charge is 2.19. The smallest absolute Gasteiger partial charge is 0.320 e. The van der Waals surface area contributed by atoms with Crippen molar-refractivity contribution in [2.24, 2.45) is 0 Å². The number of carboxylic acid groups (broad SMARTS) is 1. The molecule has 0 rings (SSSR count). The number of rotatable bonds is 8. The molecular weight excluding hydrogens is 198 g/mol. The van der Waals surface area contributed by atoms with Crippen LogP contribution < -0.4 is 0 Å². The van der Waals surface area contributed by atoms with E-state index in [2.05, 4.69) is 6.26 Å². The van der Waals surface area contributed by atoms with Gasteiger partial charge in [0, 0.05) is 0 Å². The molecule has 0 aromatic rings. The van der Waals surface area contributed by atoms with Gasteiger partial charge in [0.1, 0.15) is 6.04 Å². The van der Waals surface area contributed by atoms with Crippen LogP contribution in [0.15, 0.2) is 0 Å². The molecule has 0 radical (unpaired) electrons. The average molecular weight is 219 g/mol. The van der Waals surface area contributed by atoms with Crippen molar-refractivity contribution in [2.45, 2.75) is 32.2 Å². The summed E-state index contributed by atoms with van der Waals surface area (Å²) < 4.78 is 0. The van der Waals surface area contributed by atoms with E-state index in [1.54, 1.807) is 0 Å². The predicted octanol–water partition coefficient (Wildman–Crippen LogP) is 1.92. The standard InChI is InChI=1S/C10H21NO2S/c1-4-9(10(12)13)11(2)7-5-6-8-14-3/h9H,4-8H2,1-3H3,(H,12,13). The summed E-state index contributed by atoms with van der Waals surface area (Å²) in [4.78, 5) is 12.7. The molecule has 4 heteroatoms. The van der Waals surface area contributed by atoms with Crippen LogP contribution in [0.4, 0.5) is 0 Å². The van der Waals surface area contributed by atoms with Crippen molar-refractivity contribution in [3.8, 4) is 0 Å². The highest BCUT2D eigenvalue weighted by molar-refractivity contribution is 7.98. The van der Waals surface area contributed by atoms with Gasteiger partial charge < -0.3 is 5.11 Å². The number of nitrogens with zero attached hydrogens (tertiary/aromatic N) is 1. The van der Waals surface area contributed by atoms with Gasteiger partial charge in [-0.3, -0.25) is 9.69 Å². The fourth-order valence-electron chi connectivity index (χ4n) is 1.44. The molecule has 0 heterocycles. The van der Waals surface area contributed by atoms with E-state index in [0.717, 1.165) is 18.7 Å². The van der Waals surface area contributed by atoms with Crippen molar-refractivity contribution in [3.05, 3.63) is 0 Å². The molecule has 0 fully saturated rings. The first-order valence-electron chi connectivity index (χ1n) is 5.05. The van der Waals surface area contributed by atoms with Gasteiger partial charge in [-0.1, -0.05) is 6.92 Å². The van der Waals surface area contributed by atoms with Gasteiger partial charge in [-0.15, -0.1) is 0 Å². The zero-order valence-corrected chi connectivity index (χ0v) is 10.1. The quantitative estimate of drug-likeness (QED) is 0.633. The second-order valence-corrected chi connectivity index (χ2v) is 4.43. The van der Waals surface area contributed by atoms with Crippen LogP contribution in [0.2, 0.25) is 0 Å². The summed E-state index contributed by atoms with van der Waals surface area (Å²) >= 11 is 1.84. The Hall–Kier alpha value is -0.220. The number of thioether (sulfide) groups is 1. The molecule has 14 heavy (non-hydrogen) atoms. The van der Waals surface area contributed by atoms with Gasteiger partial charge in [-0.2, -0.15) is 11.8 Å². The summed E-state index contributed by atoms with van der Waals surface area (Å²) in [6, 6.07) is -0.315. The molecule has 0 aromatic carbocycles. The Morgan fingerprint density at radius 2 is 2.14 bits per heavy atom. The van der Waals surface area contributed by atoms with E-state index in [-0.39, 0.29) is 6.04 Å². The van der Waals surface area contributed by atoms with Crippen LogP contribution in [-0.2, 0) is 4.79 Å². The minimum Gasteiger partial charge on any atom is -0.480 e. The van der Waals surface area contributed by atoms with Gasteiger partial charge >= 0.3 is 5.97 Å². The molecule has 1 atom stereocenters. The van der Waals surface area contributed by atoms with Crippen molar-refractivity contribution < 1.29 is 9.90 Å². The van der Waals surface area contributed by atoms with Gasteiger partial charge in [-0.05, 0) is 44.9 Å². The normalized spacial score (nSPS) is 13.1. The third-order valence-corrected chi connectivity index (χ3v) is 3.01. The van der Waals surface area contributed by atoms with E-state index in [1.807, 2.05) is 30.6 Å². The van der Waals surface area contributed by atoms with E-state index in [4.69, 9.17) is 5.11 Å². The fraction of sp³-hybridized carbons (Fsp3) is 0.900. The van der Waals surface area contributed by atoms with Crippen LogP contribution >= 0.6 is 11.8 Å². The second kappa shape index (κ2) is 8.12. The van der Waals surface area contributed by atoms with E-state index >= 15 is 0 Å². The van der Waals surface area contributed by atoms with Crippen LogP contribution in [0.1, 0.15) is 26.2 Å². The van der Waals surface area contributed by atoms with E-state index < -0.39 is 5.97 Å². The zero-order chi connectivity index (χ0) is 11.0. The summed E-state index contributed by atoms with van der Waals surface area (Å²) in [6.45, 7) is 2.79. The summed E-state index contributed by atoms with van der Waals surface area (Å²) in [5.74, 6) is 0.456. The molecule has 1 unspecified atom stereocenters. The lowest BCUT2D eigenvalue weighted by molar-refractivity contribution is -0.142. The minimum absolute atomic E-state index is 0.315. The minimum atomic E-state index is -0.708. The van der Waals surface area contributed by atoms with E-state index in [9.17, 15) is 4.79 Å². The van der Waals surface area contributed by atoms with Crippen molar-refractivity contribution >= 4 is 17.7 Å². The molecule has 0 aliphatic rings. The van der Waals surface area contributed by atoms with Gasteiger partial charge in [0.2, 0.25) is 0 Å². The molecule has 1 N–H and O–H groups in total. The number of hydrogen-bond donors (Lipinski definition) is 1. The Balaban J connectivity index is 3.69. The lowest BCUT2D eigenvalue weighted by atomic mass is 10.2. The number of carbonyl (C=O) groups is 1. The van der Waals surface area contributed by atoms with E-state index in [1.165, 1.54) is 6.42 Å². The third kappa shape index (κ3) is 5.50. The van der Waals surface area contributed by atoms with Gasteiger partial charge in [0.15, 0.2) is 0 Å². The maximum Gasteiger partial charge on any atom is 0.320 e. The molecule has 3 nitrogen and oxygen atoms in total. The van der Waals surface area contributed by atoms with Crippen LogP contribution in [0.5, 0.6) is 0 Å². The van der Waals surface area contributed by atoms with Crippen LogP contribution in [0, 0.1) is 0 Å². The van der Waals surface area contributed by atoms with Crippen molar-refractivity contribution in [3.63, 3.8) is 0 Å². The Morgan fingerprint density at radius 3 is 2.57 bits per heavy atom. The van der Waals surface area contributed by atoms with E-state index in [0.29, 0.717) is 6.42 Å². The maximum atomic E-state index is 10.8. The second-order valence-electron chi connectivity index (χ2n) is 3.44. The number of hydrogen-bond acceptors (Lipinski definition) is 3. The summed E-state index contributed by atoms with van der Waals surface area (Å²) in [6.07, 6.45) is 5.02. The average Bonchev–Trinajstić information content (AvgIpc) is 2.13.